The predicted molar refractivity (Wildman–Crippen MR) is 59.7 cm³/mol. The molecule has 2 N–H and O–H groups in total. The lowest BCUT2D eigenvalue weighted by molar-refractivity contribution is -0.122. The first-order valence-corrected chi connectivity index (χ1v) is 6.11. The Labute approximate surface area is 92.8 Å². The zero-order valence-electron chi connectivity index (χ0n) is 8.36. The summed E-state index contributed by atoms with van der Waals surface area (Å²) in [7, 11) is 0. The highest BCUT2D eigenvalue weighted by atomic mass is 32.2. The van der Waals surface area contributed by atoms with Gasteiger partial charge in [-0.3, -0.25) is 4.79 Å². The van der Waals surface area contributed by atoms with E-state index in [4.69, 9.17) is 4.42 Å². The number of carbonyl (C=O) groups excluding carboxylic acids is 1. The van der Waals surface area contributed by atoms with E-state index in [9.17, 15) is 4.79 Å². The van der Waals surface area contributed by atoms with Crippen LogP contribution in [0.15, 0.2) is 23.0 Å². The molecule has 1 aromatic rings. The molecular formula is C10H14N2O2S. The average molecular weight is 226 g/mol. The maximum absolute atomic E-state index is 11.7. The molecular weight excluding hydrogens is 212 g/mol. The van der Waals surface area contributed by atoms with E-state index in [1.807, 2.05) is 17.8 Å². The smallest absolute Gasteiger partial charge is 0.238 e. The molecule has 0 saturated carbocycles. The van der Waals surface area contributed by atoms with Gasteiger partial charge in [0.1, 0.15) is 0 Å². The molecule has 1 atom stereocenters. The van der Waals surface area contributed by atoms with Gasteiger partial charge in [-0.2, -0.15) is 11.8 Å². The summed E-state index contributed by atoms with van der Waals surface area (Å²) in [5.74, 6) is 2.02. The van der Waals surface area contributed by atoms with Crippen molar-refractivity contribution in [3.8, 4) is 0 Å². The molecule has 0 aromatic carbocycles. The molecule has 1 amide bonds. The van der Waals surface area contributed by atoms with Gasteiger partial charge in [-0.25, -0.2) is 0 Å². The van der Waals surface area contributed by atoms with Crippen LogP contribution >= 0.6 is 11.8 Å². The summed E-state index contributed by atoms with van der Waals surface area (Å²) in [6.45, 7) is 1.45. The van der Waals surface area contributed by atoms with E-state index < -0.39 is 0 Å². The number of amides is 1. The summed E-state index contributed by atoms with van der Waals surface area (Å²) in [4.78, 5) is 11.7. The summed E-state index contributed by atoms with van der Waals surface area (Å²) in [6, 6.07) is 1.80. The minimum Gasteiger partial charge on any atom is -0.472 e. The van der Waals surface area contributed by atoms with Gasteiger partial charge in [0.05, 0.1) is 18.6 Å². The monoisotopic (exact) mass is 226 g/mol. The highest BCUT2D eigenvalue weighted by Gasteiger charge is 2.20. The van der Waals surface area contributed by atoms with Gasteiger partial charge in [-0.15, -0.1) is 0 Å². The molecule has 0 aliphatic carbocycles. The van der Waals surface area contributed by atoms with Crippen LogP contribution in [-0.2, 0) is 11.3 Å². The topological polar surface area (TPSA) is 54.3 Å². The molecule has 0 spiro atoms. The molecule has 0 radical (unpaired) electrons. The van der Waals surface area contributed by atoms with Crippen LogP contribution in [0.2, 0.25) is 0 Å². The van der Waals surface area contributed by atoms with Crippen LogP contribution in [0.5, 0.6) is 0 Å². The zero-order valence-corrected chi connectivity index (χ0v) is 9.18. The van der Waals surface area contributed by atoms with Crippen LogP contribution in [0, 0.1) is 0 Å². The second kappa shape index (κ2) is 5.23. The highest BCUT2D eigenvalue weighted by Crippen LogP contribution is 2.07. The number of hydrogen-bond donors (Lipinski definition) is 2. The molecule has 4 nitrogen and oxygen atoms in total. The van der Waals surface area contributed by atoms with Gasteiger partial charge >= 0.3 is 0 Å². The number of carbonyl (C=O) groups is 1. The minimum absolute atomic E-state index is 0.0457. The highest BCUT2D eigenvalue weighted by molar-refractivity contribution is 7.99. The number of hydrogen-bond acceptors (Lipinski definition) is 4. The summed E-state index contributed by atoms with van der Waals surface area (Å²) in [6.07, 6.45) is 3.25. The van der Waals surface area contributed by atoms with E-state index in [1.54, 1.807) is 12.5 Å². The Morgan fingerprint density at radius 1 is 1.73 bits per heavy atom. The van der Waals surface area contributed by atoms with Crippen molar-refractivity contribution < 1.29 is 9.21 Å². The van der Waals surface area contributed by atoms with Gasteiger partial charge in [0.15, 0.2) is 0 Å². The van der Waals surface area contributed by atoms with E-state index in [-0.39, 0.29) is 11.9 Å². The third kappa shape index (κ3) is 3.00. The summed E-state index contributed by atoms with van der Waals surface area (Å²) >= 11 is 1.81. The molecule has 82 valence electrons. The molecule has 1 aliphatic rings. The van der Waals surface area contributed by atoms with Crippen molar-refractivity contribution in [2.75, 3.05) is 18.1 Å². The maximum Gasteiger partial charge on any atom is 0.238 e. The predicted octanol–water partition coefficient (Wildman–Crippen LogP) is 0.601. The standard InChI is InChI=1S/C10H14N2O2S/c13-10(9-7-15-4-2-11-9)12-5-8-1-3-14-6-8/h1,3,6,9,11H,2,4-5,7H2,(H,12,13). The van der Waals surface area contributed by atoms with Gasteiger partial charge in [0.25, 0.3) is 0 Å². The fourth-order valence-corrected chi connectivity index (χ4v) is 2.37. The quantitative estimate of drug-likeness (QED) is 0.792. The number of rotatable bonds is 3. The van der Waals surface area contributed by atoms with Crippen molar-refractivity contribution in [3.63, 3.8) is 0 Å². The van der Waals surface area contributed by atoms with Crippen molar-refractivity contribution in [2.45, 2.75) is 12.6 Å². The molecule has 1 fully saturated rings. The van der Waals surface area contributed by atoms with Crippen LogP contribution in [0.1, 0.15) is 5.56 Å². The van der Waals surface area contributed by atoms with Crippen LogP contribution in [0.4, 0.5) is 0 Å². The van der Waals surface area contributed by atoms with E-state index in [0.29, 0.717) is 6.54 Å². The average Bonchev–Trinajstić information content (AvgIpc) is 2.80. The first-order chi connectivity index (χ1) is 7.36. The Morgan fingerprint density at radius 3 is 3.33 bits per heavy atom. The van der Waals surface area contributed by atoms with Crippen molar-refractivity contribution >= 4 is 17.7 Å². The minimum atomic E-state index is -0.0457. The van der Waals surface area contributed by atoms with E-state index >= 15 is 0 Å². The fraction of sp³-hybridized carbons (Fsp3) is 0.500. The Kier molecular flexibility index (Phi) is 3.69. The van der Waals surface area contributed by atoms with E-state index in [2.05, 4.69) is 10.6 Å². The fourth-order valence-electron chi connectivity index (χ4n) is 1.44. The van der Waals surface area contributed by atoms with Crippen LogP contribution in [0.25, 0.3) is 0 Å². The SMILES string of the molecule is O=C(NCc1ccoc1)C1CSCCN1. The molecule has 0 bridgehead atoms. The third-order valence-corrected chi connectivity index (χ3v) is 3.35. The van der Waals surface area contributed by atoms with Gasteiger partial charge in [0.2, 0.25) is 5.91 Å². The Hall–Kier alpha value is -0.940. The Balaban J connectivity index is 1.76. The largest absolute Gasteiger partial charge is 0.472 e. The summed E-state index contributed by atoms with van der Waals surface area (Å²) in [5.41, 5.74) is 0.992. The molecule has 1 saturated heterocycles. The van der Waals surface area contributed by atoms with E-state index in [0.717, 1.165) is 23.6 Å². The van der Waals surface area contributed by atoms with Gasteiger partial charge in [-0.1, -0.05) is 0 Å². The number of thioether (sulfide) groups is 1. The summed E-state index contributed by atoms with van der Waals surface area (Å²) < 4.78 is 4.92. The first-order valence-electron chi connectivity index (χ1n) is 4.96. The van der Waals surface area contributed by atoms with Crippen molar-refractivity contribution in [1.82, 2.24) is 10.6 Å². The van der Waals surface area contributed by atoms with Gasteiger partial charge < -0.3 is 15.1 Å². The normalized spacial score (nSPS) is 21.2. The van der Waals surface area contributed by atoms with Crippen molar-refractivity contribution in [3.05, 3.63) is 24.2 Å². The maximum atomic E-state index is 11.7. The van der Waals surface area contributed by atoms with Crippen molar-refractivity contribution in [2.24, 2.45) is 0 Å². The lowest BCUT2D eigenvalue weighted by Crippen LogP contribution is -2.48. The lowest BCUT2D eigenvalue weighted by Gasteiger charge is -2.21. The molecule has 1 unspecified atom stereocenters. The summed E-state index contributed by atoms with van der Waals surface area (Å²) in [5, 5.41) is 6.07. The molecule has 2 rings (SSSR count). The lowest BCUT2D eigenvalue weighted by atomic mass is 10.3. The third-order valence-electron chi connectivity index (χ3n) is 2.28. The zero-order chi connectivity index (χ0) is 10.5. The number of furan rings is 1. The van der Waals surface area contributed by atoms with Crippen molar-refractivity contribution in [1.29, 1.82) is 0 Å². The molecule has 2 heterocycles. The molecule has 15 heavy (non-hydrogen) atoms. The molecule has 5 heteroatoms. The van der Waals surface area contributed by atoms with E-state index in [1.165, 1.54) is 0 Å². The van der Waals surface area contributed by atoms with Crippen LogP contribution in [-0.4, -0.2) is 30.0 Å². The van der Waals surface area contributed by atoms with Gasteiger partial charge in [0, 0.05) is 30.2 Å². The Morgan fingerprint density at radius 2 is 2.67 bits per heavy atom. The second-order valence-electron chi connectivity index (χ2n) is 3.43. The van der Waals surface area contributed by atoms with Crippen LogP contribution < -0.4 is 10.6 Å². The molecule has 1 aromatic heterocycles. The van der Waals surface area contributed by atoms with Gasteiger partial charge in [-0.05, 0) is 6.07 Å². The first kappa shape index (κ1) is 10.6. The number of nitrogens with one attached hydrogen (secondary N) is 2. The van der Waals surface area contributed by atoms with Crippen LogP contribution in [0.3, 0.4) is 0 Å². The second-order valence-corrected chi connectivity index (χ2v) is 4.58. The molecule has 1 aliphatic heterocycles. The Bertz CT molecular complexity index is 307.